The predicted octanol–water partition coefficient (Wildman–Crippen LogP) is 2.24. The van der Waals surface area contributed by atoms with Gasteiger partial charge >= 0.3 is 5.97 Å². The third-order valence-corrected chi connectivity index (χ3v) is 2.76. The van der Waals surface area contributed by atoms with Crippen LogP contribution in [0.4, 0.5) is 0 Å². The van der Waals surface area contributed by atoms with E-state index < -0.39 is 17.0 Å². The van der Waals surface area contributed by atoms with Crippen molar-refractivity contribution in [2.75, 3.05) is 0 Å². The monoisotopic (exact) mass is 278 g/mol. The van der Waals surface area contributed by atoms with Gasteiger partial charge in [0.2, 0.25) is 0 Å². The second kappa shape index (κ2) is 7.34. The maximum atomic E-state index is 10.9. The first kappa shape index (κ1) is 17.7. The van der Waals surface area contributed by atoms with Crippen LogP contribution < -0.4 is 0 Å². The average molecular weight is 278 g/mol. The zero-order valence-electron chi connectivity index (χ0n) is 11.9. The molecular formula is C13H18N4O3. The first-order chi connectivity index (χ1) is 9.16. The van der Waals surface area contributed by atoms with Crippen LogP contribution in [-0.4, -0.2) is 27.9 Å². The molecule has 0 aromatic heterocycles. The van der Waals surface area contributed by atoms with Crippen LogP contribution in [0.2, 0.25) is 0 Å². The molecule has 7 nitrogen and oxygen atoms in total. The summed E-state index contributed by atoms with van der Waals surface area (Å²) >= 11 is 0. The number of ketones is 1. The van der Waals surface area contributed by atoms with E-state index in [1.54, 1.807) is 0 Å². The molecule has 20 heavy (non-hydrogen) atoms. The zero-order valence-corrected chi connectivity index (χ0v) is 11.9. The van der Waals surface area contributed by atoms with Gasteiger partial charge in [-0.15, -0.1) is 0 Å². The number of nitrogens with zero attached hydrogens (tertiary/aromatic N) is 4. The Morgan fingerprint density at radius 3 is 1.75 bits per heavy atom. The summed E-state index contributed by atoms with van der Waals surface area (Å²) in [5, 5.41) is 34.5. The quantitative estimate of drug-likeness (QED) is 0.681. The van der Waals surface area contributed by atoms with E-state index in [1.165, 1.54) is 20.8 Å². The molecule has 0 amide bonds. The highest BCUT2D eigenvalue weighted by molar-refractivity contribution is 5.75. The SMILES string of the molecule is CC(=O)CCC(C)(C#N)/N=N\C(C)(C#N)CCC(=O)O. The molecule has 0 aliphatic carbocycles. The van der Waals surface area contributed by atoms with Crippen molar-refractivity contribution in [2.24, 2.45) is 10.2 Å². The van der Waals surface area contributed by atoms with E-state index in [0.29, 0.717) is 0 Å². The van der Waals surface area contributed by atoms with Crippen molar-refractivity contribution in [3.8, 4) is 12.1 Å². The van der Waals surface area contributed by atoms with Crippen molar-refractivity contribution in [3.63, 3.8) is 0 Å². The highest BCUT2D eigenvalue weighted by Crippen LogP contribution is 2.23. The lowest BCUT2D eigenvalue weighted by Gasteiger charge is -2.18. The fraction of sp³-hybridized carbons (Fsp3) is 0.692. The minimum Gasteiger partial charge on any atom is -0.481 e. The highest BCUT2D eigenvalue weighted by Gasteiger charge is 2.29. The maximum absolute atomic E-state index is 10.9. The van der Waals surface area contributed by atoms with Crippen molar-refractivity contribution < 1.29 is 14.7 Å². The Kier molecular flexibility index (Phi) is 6.51. The minimum atomic E-state index is -1.28. The van der Waals surface area contributed by atoms with Crippen LogP contribution in [0.1, 0.15) is 46.5 Å². The minimum absolute atomic E-state index is 0.0105. The van der Waals surface area contributed by atoms with Crippen LogP contribution in [0, 0.1) is 22.7 Å². The number of carboxylic acid groups (broad SMARTS) is 1. The molecule has 0 saturated carbocycles. The van der Waals surface area contributed by atoms with Crippen LogP contribution in [0.15, 0.2) is 10.2 Å². The van der Waals surface area contributed by atoms with Crippen LogP contribution in [-0.2, 0) is 9.59 Å². The Morgan fingerprint density at radius 2 is 1.45 bits per heavy atom. The fourth-order valence-corrected chi connectivity index (χ4v) is 1.25. The molecule has 0 fully saturated rings. The highest BCUT2D eigenvalue weighted by atomic mass is 16.4. The molecule has 0 radical (unpaired) electrons. The summed E-state index contributed by atoms with van der Waals surface area (Å²) in [6.45, 7) is 4.40. The van der Waals surface area contributed by atoms with E-state index >= 15 is 0 Å². The Morgan fingerprint density at radius 1 is 1.05 bits per heavy atom. The summed E-state index contributed by atoms with van der Waals surface area (Å²) in [6, 6.07) is 3.85. The summed E-state index contributed by atoms with van der Waals surface area (Å²) in [6.07, 6.45) is 0.209. The van der Waals surface area contributed by atoms with E-state index in [1.807, 2.05) is 12.1 Å². The molecule has 0 aliphatic heterocycles. The molecule has 1 N–H and O–H groups in total. The van der Waals surface area contributed by atoms with Crippen LogP contribution in [0.25, 0.3) is 0 Å². The molecule has 0 spiro atoms. The predicted molar refractivity (Wildman–Crippen MR) is 69.7 cm³/mol. The molecule has 108 valence electrons. The van der Waals surface area contributed by atoms with Gasteiger partial charge in [0.1, 0.15) is 5.78 Å². The third-order valence-electron chi connectivity index (χ3n) is 2.76. The molecular weight excluding hydrogens is 260 g/mol. The molecule has 0 aromatic carbocycles. The van der Waals surface area contributed by atoms with Gasteiger partial charge in [-0.25, -0.2) is 0 Å². The lowest BCUT2D eigenvalue weighted by Crippen LogP contribution is -2.25. The van der Waals surface area contributed by atoms with E-state index in [-0.39, 0.29) is 31.5 Å². The Hall–Kier alpha value is -2.28. The standard InChI is InChI=1S/C13H18N4O3/c1-10(18)4-6-12(2,8-14)16-17-13(3,9-15)7-5-11(19)20/h4-7H2,1-3H3,(H,19,20)/b17-16-. The van der Waals surface area contributed by atoms with E-state index in [0.717, 1.165) is 0 Å². The molecule has 0 bridgehead atoms. The number of carbonyl (C=O) groups excluding carboxylic acids is 1. The van der Waals surface area contributed by atoms with E-state index in [4.69, 9.17) is 15.6 Å². The third kappa shape index (κ3) is 6.60. The van der Waals surface area contributed by atoms with Crippen LogP contribution >= 0.6 is 0 Å². The van der Waals surface area contributed by atoms with Gasteiger partial charge in [0.25, 0.3) is 0 Å². The van der Waals surface area contributed by atoms with Gasteiger partial charge in [0.05, 0.1) is 12.1 Å². The summed E-state index contributed by atoms with van der Waals surface area (Å²) in [7, 11) is 0. The lowest BCUT2D eigenvalue weighted by atomic mass is 9.97. The average Bonchev–Trinajstić information content (AvgIpc) is 2.41. The van der Waals surface area contributed by atoms with Crippen molar-refractivity contribution in [3.05, 3.63) is 0 Å². The molecule has 2 unspecified atom stereocenters. The topological polar surface area (TPSA) is 127 Å². The van der Waals surface area contributed by atoms with E-state index in [2.05, 4.69) is 10.2 Å². The van der Waals surface area contributed by atoms with E-state index in [9.17, 15) is 9.59 Å². The summed E-state index contributed by atoms with van der Waals surface area (Å²) in [5.41, 5.74) is -2.47. The second-order valence-corrected chi connectivity index (χ2v) is 5.07. The number of rotatable bonds is 8. The van der Waals surface area contributed by atoms with Gasteiger partial charge < -0.3 is 9.90 Å². The lowest BCUT2D eigenvalue weighted by molar-refractivity contribution is -0.137. The number of nitriles is 2. The first-order valence-corrected chi connectivity index (χ1v) is 6.14. The number of carboxylic acids is 1. The summed E-state index contributed by atoms with van der Waals surface area (Å²) in [5.74, 6) is -1.09. The number of azo groups is 1. The largest absolute Gasteiger partial charge is 0.481 e. The molecule has 2 atom stereocenters. The normalized spacial score (nSPS) is 16.6. The maximum Gasteiger partial charge on any atom is 0.303 e. The summed E-state index contributed by atoms with van der Waals surface area (Å²) in [4.78, 5) is 21.5. The van der Waals surface area contributed by atoms with Crippen LogP contribution in [0.5, 0.6) is 0 Å². The van der Waals surface area contributed by atoms with Gasteiger partial charge in [-0.05, 0) is 33.6 Å². The van der Waals surface area contributed by atoms with Gasteiger partial charge in [-0.3, -0.25) is 4.79 Å². The van der Waals surface area contributed by atoms with Gasteiger partial charge in [-0.1, -0.05) is 0 Å². The number of hydrogen-bond donors (Lipinski definition) is 1. The van der Waals surface area contributed by atoms with Crippen molar-refractivity contribution in [2.45, 2.75) is 57.5 Å². The molecule has 0 aliphatic rings. The number of Topliss-reactive ketones (excluding diaryl/α,β-unsaturated/α-hetero) is 1. The molecule has 0 aromatic rings. The molecule has 0 saturated heterocycles. The summed E-state index contributed by atoms with van der Waals surface area (Å²) < 4.78 is 0. The number of hydrogen-bond acceptors (Lipinski definition) is 6. The van der Waals surface area contributed by atoms with Crippen molar-refractivity contribution in [1.29, 1.82) is 10.5 Å². The Labute approximate surface area is 117 Å². The Bertz CT molecular complexity index is 445. The van der Waals surface area contributed by atoms with Crippen LogP contribution in [0.3, 0.4) is 0 Å². The first-order valence-electron chi connectivity index (χ1n) is 6.14. The molecule has 7 heteroatoms. The van der Waals surface area contributed by atoms with Crippen molar-refractivity contribution >= 4 is 11.8 Å². The fourth-order valence-electron chi connectivity index (χ4n) is 1.25. The number of carbonyl (C=O) groups is 2. The Balaban J connectivity index is 4.92. The second-order valence-electron chi connectivity index (χ2n) is 5.07. The van der Waals surface area contributed by atoms with Gasteiger partial charge in [-0.2, -0.15) is 20.8 Å². The van der Waals surface area contributed by atoms with Gasteiger partial charge in [0.15, 0.2) is 11.1 Å². The van der Waals surface area contributed by atoms with Gasteiger partial charge in [0, 0.05) is 12.8 Å². The molecule has 0 rings (SSSR count). The van der Waals surface area contributed by atoms with Crippen molar-refractivity contribution in [1.82, 2.24) is 0 Å². The molecule has 0 heterocycles. The number of aliphatic carboxylic acids is 1. The smallest absolute Gasteiger partial charge is 0.303 e. The zero-order chi connectivity index (χ0) is 15.8.